The summed E-state index contributed by atoms with van der Waals surface area (Å²) in [5.41, 5.74) is 1.23. The van der Waals surface area contributed by atoms with E-state index in [1.807, 2.05) is 0 Å². The summed E-state index contributed by atoms with van der Waals surface area (Å²) in [6, 6.07) is 0. The van der Waals surface area contributed by atoms with Gasteiger partial charge in [0.2, 0.25) is 0 Å². The van der Waals surface area contributed by atoms with Crippen molar-refractivity contribution < 1.29 is 0 Å². The highest BCUT2D eigenvalue weighted by atomic mass is 14.6. The summed E-state index contributed by atoms with van der Waals surface area (Å²) >= 11 is 0. The molecule has 0 aromatic carbocycles. The molecule has 0 radical (unpaired) electrons. The van der Waals surface area contributed by atoms with Crippen molar-refractivity contribution in [2.75, 3.05) is 0 Å². The molecule has 0 bridgehead atoms. The Kier molecular flexibility index (Phi) is 1.82. The smallest absolute Gasteiger partial charge is 0.00614 e. The molecule has 1 saturated carbocycles. The Morgan fingerprint density at radius 3 is 2.50 bits per heavy atom. The van der Waals surface area contributed by atoms with Crippen molar-refractivity contribution in [1.29, 1.82) is 0 Å². The van der Waals surface area contributed by atoms with Crippen LogP contribution in [0.3, 0.4) is 0 Å². The maximum atomic E-state index is 2.52. The molecule has 0 nitrogen and oxygen atoms in total. The van der Waals surface area contributed by atoms with Crippen LogP contribution in [0.4, 0.5) is 0 Å². The SMILES string of the molecule is CC1(C)C[C@@]12/C=C\CCCCC2. The zero-order valence-corrected chi connectivity index (χ0v) is 8.40. The molecule has 0 heterocycles. The van der Waals surface area contributed by atoms with Crippen LogP contribution in [-0.4, -0.2) is 0 Å². The van der Waals surface area contributed by atoms with Gasteiger partial charge in [0.25, 0.3) is 0 Å². The standard InChI is InChI=1S/C12H20/c1-11(2)10-12(11)8-6-4-3-5-7-9-12/h6,8H,3-5,7,9-10H2,1-2H3/b8-6-/t12-/m0/s1. The van der Waals surface area contributed by atoms with Gasteiger partial charge in [0.05, 0.1) is 0 Å². The lowest BCUT2D eigenvalue weighted by molar-refractivity contribution is 0.408. The van der Waals surface area contributed by atoms with Gasteiger partial charge in [0.15, 0.2) is 0 Å². The summed E-state index contributed by atoms with van der Waals surface area (Å²) in [5.74, 6) is 0. The van der Waals surface area contributed by atoms with E-state index in [1.165, 1.54) is 38.5 Å². The van der Waals surface area contributed by atoms with Crippen LogP contribution in [0, 0.1) is 10.8 Å². The van der Waals surface area contributed by atoms with Gasteiger partial charge in [-0.05, 0) is 36.5 Å². The predicted octanol–water partition coefficient (Wildman–Crippen LogP) is 3.92. The van der Waals surface area contributed by atoms with Crippen LogP contribution in [0.5, 0.6) is 0 Å². The fourth-order valence-corrected chi connectivity index (χ4v) is 2.73. The van der Waals surface area contributed by atoms with E-state index < -0.39 is 0 Å². The van der Waals surface area contributed by atoms with Gasteiger partial charge < -0.3 is 0 Å². The monoisotopic (exact) mass is 164 g/mol. The molecule has 0 unspecified atom stereocenters. The number of rotatable bonds is 0. The van der Waals surface area contributed by atoms with Crippen molar-refractivity contribution in [3.8, 4) is 0 Å². The van der Waals surface area contributed by atoms with E-state index in [1.54, 1.807) is 0 Å². The maximum absolute atomic E-state index is 2.52. The summed E-state index contributed by atoms with van der Waals surface area (Å²) in [5, 5.41) is 0. The van der Waals surface area contributed by atoms with E-state index >= 15 is 0 Å². The molecule has 2 rings (SSSR count). The van der Waals surface area contributed by atoms with Crippen LogP contribution < -0.4 is 0 Å². The van der Waals surface area contributed by atoms with Crippen molar-refractivity contribution in [1.82, 2.24) is 0 Å². The van der Waals surface area contributed by atoms with Gasteiger partial charge in [-0.2, -0.15) is 0 Å². The van der Waals surface area contributed by atoms with Gasteiger partial charge in [0, 0.05) is 0 Å². The highest BCUT2D eigenvalue weighted by Crippen LogP contribution is 2.67. The van der Waals surface area contributed by atoms with Gasteiger partial charge in [-0.3, -0.25) is 0 Å². The normalized spacial score (nSPS) is 41.8. The molecule has 1 fully saturated rings. The second-order valence-corrected chi connectivity index (χ2v) is 5.22. The molecule has 1 atom stereocenters. The lowest BCUT2D eigenvalue weighted by Gasteiger charge is -2.18. The number of allylic oxidation sites excluding steroid dienone is 2. The topological polar surface area (TPSA) is 0 Å². The first-order chi connectivity index (χ1) is 5.66. The van der Waals surface area contributed by atoms with E-state index in [0.29, 0.717) is 10.8 Å². The molecular weight excluding hydrogens is 144 g/mol. The summed E-state index contributed by atoms with van der Waals surface area (Å²) in [7, 11) is 0. The highest BCUT2D eigenvalue weighted by Gasteiger charge is 2.58. The Bertz CT molecular complexity index is 200. The Hall–Kier alpha value is -0.260. The first-order valence-electron chi connectivity index (χ1n) is 5.34. The van der Waals surface area contributed by atoms with Gasteiger partial charge in [-0.25, -0.2) is 0 Å². The highest BCUT2D eigenvalue weighted by molar-refractivity contribution is 5.20. The van der Waals surface area contributed by atoms with Gasteiger partial charge >= 0.3 is 0 Å². The minimum atomic E-state index is 0.612. The number of hydrogen-bond donors (Lipinski definition) is 0. The molecule has 0 saturated heterocycles. The molecule has 0 aromatic heterocycles. The van der Waals surface area contributed by atoms with E-state index in [-0.39, 0.29) is 0 Å². The summed E-state index contributed by atoms with van der Waals surface area (Å²) in [6.45, 7) is 4.83. The lowest BCUT2D eigenvalue weighted by atomic mass is 9.87. The summed E-state index contributed by atoms with van der Waals surface area (Å²) in [4.78, 5) is 0. The first kappa shape index (κ1) is 8.34. The Balaban J connectivity index is 2.09. The van der Waals surface area contributed by atoms with E-state index in [4.69, 9.17) is 0 Å². The molecule has 2 aliphatic carbocycles. The summed E-state index contributed by atoms with van der Waals surface area (Å²) in [6.07, 6.45) is 13.4. The minimum absolute atomic E-state index is 0.612. The zero-order chi connectivity index (χ0) is 8.66. The Labute approximate surface area is 76.1 Å². The molecule has 0 aromatic rings. The average molecular weight is 164 g/mol. The fraction of sp³-hybridized carbons (Fsp3) is 0.833. The third-order valence-corrected chi connectivity index (χ3v) is 3.91. The van der Waals surface area contributed by atoms with Crippen LogP contribution in [0.2, 0.25) is 0 Å². The van der Waals surface area contributed by atoms with Gasteiger partial charge in [0.1, 0.15) is 0 Å². The molecule has 12 heavy (non-hydrogen) atoms. The molecule has 1 spiro atoms. The van der Waals surface area contributed by atoms with Crippen LogP contribution in [-0.2, 0) is 0 Å². The molecule has 0 heteroatoms. The van der Waals surface area contributed by atoms with E-state index in [9.17, 15) is 0 Å². The third-order valence-electron chi connectivity index (χ3n) is 3.91. The van der Waals surface area contributed by atoms with Crippen molar-refractivity contribution in [2.24, 2.45) is 10.8 Å². The van der Waals surface area contributed by atoms with Crippen molar-refractivity contribution in [2.45, 2.75) is 52.4 Å². The van der Waals surface area contributed by atoms with Crippen LogP contribution >= 0.6 is 0 Å². The first-order valence-corrected chi connectivity index (χ1v) is 5.34. The van der Waals surface area contributed by atoms with Crippen LogP contribution in [0.15, 0.2) is 12.2 Å². The largest absolute Gasteiger partial charge is 0.0880 e. The maximum Gasteiger partial charge on any atom is -0.00614 e. The molecule has 2 aliphatic rings. The van der Waals surface area contributed by atoms with Crippen LogP contribution in [0.1, 0.15) is 52.4 Å². The molecule has 0 N–H and O–H groups in total. The van der Waals surface area contributed by atoms with Crippen molar-refractivity contribution in [3.63, 3.8) is 0 Å². The molecule has 68 valence electrons. The molecule has 0 aliphatic heterocycles. The van der Waals surface area contributed by atoms with Crippen LogP contribution in [0.25, 0.3) is 0 Å². The van der Waals surface area contributed by atoms with Crippen molar-refractivity contribution >= 4 is 0 Å². The van der Waals surface area contributed by atoms with E-state index in [2.05, 4.69) is 26.0 Å². The zero-order valence-electron chi connectivity index (χ0n) is 8.40. The second kappa shape index (κ2) is 2.61. The number of hydrogen-bond acceptors (Lipinski definition) is 0. The Morgan fingerprint density at radius 2 is 1.83 bits per heavy atom. The summed E-state index contributed by atoms with van der Waals surface area (Å²) < 4.78 is 0. The Morgan fingerprint density at radius 1 is 1.08 bits per heavy atom. The van der Waals surface area contributed by atoms with Gasteiger partial charge in [-0.1, -0.05) is 38.8 Å². The third kappa shape index (κ3) is 1.22. The minimum Gasteiger partial charge on any atom is -0.0880 e. The second-order valence-electron chi connectivity index (χ2n) is 5.22. The lowest BCUT2D eigenvalue weighted by Crippen LogP contribution is -2.06. The molecular formula is C12H20. The quantitative estimate of drug-likeness (QED) is 0.476. The molecule has 0 amide bonds. The average Bonchev–Trinajstić information content (AvgIpc) is 2.47. The van der Waals surface area contributed by atoms with E-state index in [0.717, 1.165) is 0 Å². The van der Waals surface area contributed by atoms with Crippen molar-refractivity contribution in [3.05, 3.63) is 12.2 Å². The van der Waals surface area contributed by atoms with Gasteiger partial charge in [-0.15, -0.1) is 0 Å². The predicted molar refractivity (Wildman–Crippen MR) is 53.1 cm³/mol. The fourth-order valence-electron chi connectivity index (χ4n) is 2.73.